The minimum absolute atomic E-state index is 0.0404. The fourth-order valence-corrected chi connectivity index (χ4v) is 4.00. The first-order valence-corrected chi connectivity index (χ1v) is 10.4. The van der Waals surface area contributed by atoms with E-state index in [0.717, 1.165) is 28.3 Å². The van der Waals surface area contributed by atoms with Gasteiger partial charge in [0.2, 0.25) is 10.0 Å². The van der Waals surface area contributed by atoms with E-state index in [0.29, 0.717) is 4.90 Å². The SMILES string of the molecule is CCC(C)(C)c1ccc(S(=O)(=O)NCc2cccc3ccccc23)cc1. The van der Waals surface area contributed by atoms with Crippen molar-refractivity contribution in [2.45, 2.75) is 44.0 Å². The Morgan fingerprint density at radius 1 is 0.885 bits per heavy atom. The van der Waals surface area contributed by atoms with Gasteiger partial charge in [-0.05, 0) is 45.9 Å². The topological polar surface area (TPSA) is 46.2 Å². The van der Waals surface area contributed by atoms with E-state index < -0.39 is 10.0 Å². The number of hydrogen-bond acceptors (Lipinski definition) is 2. The van der Waals surface area contributed by atoms with Crippen molar-refractivity contribution in [2.75, 3.05) is 0 Å². The first-order chi connectivity index (χ1) is 12.3. The molecule has 0 amide bonds. The highest BCUT2D eigenvalue weighted by Gasteiger charge is 2.20. The molecule has 0 heterocycles. The van der Waals surface area contributed by atoms with Gasteiger partial charge in [-0.15, -0.1) is 0 Å². The Bertz CT molecular complexity index is 1000. The molecule has 136 valence electrons. The molecule has 3 aromatic rings. The van der Waals surface area contributed by atoms with Gasteiger partial charge in [0.05, 0.1) is 4.90 Å². The highest BCUT2D eigenvalue weighted by molar-refractivity contribution is 7.89. The molecule has 0 unspecified atom stereocenters. The van der Waals surface area contributed by atoms with Gasteiger partial charge >= 0.3 is 0 Å². The van der Waals surface area contributed by atoms with Crippen molar-refractivity contribution >= 4 is 20.8 Å². The quantitative estimate of drug-likeness (QED) is 0.666. The van der Waals surface area contributed by atoms with Gasteiger partial charge in [0.15, 0.2) is 0 Å². The predicted molar refractivity (Wildman–Crippen MR) is 108 cm³/mol. The summed E-state index contributed by atoms with van der Waals surface area (Å²) in [7, 11) is -3.55. The number of sulfonamides is 1. The van der Waals surface area contributed by atoms with Crippen molar-refractivity contribution < 1.29 is 8.42 Å². The van der Waals surface area contributed by atoms with E-state index in [1.54, 1.807) is 12.1 Å². The molecule has 0 aliphatic rings. The average molecular weight is 368 g/mol. The summed E-state index contributed by atoms with van der Waals surface area (Å²) >= 11 is 0. The van der Waals surface area contributed by atoms with Crippen LogP contribution in [0.1, 0.15) is 38.3 Å². The first-order valence-electron chi connectivity index (χ1n) is 8.90. The van der Waals surface area contributed by atoms with Crippen molar-refractivity contribution in [3.8, 4) is 0 Å². The van der Waals surface area contributed by atoms with Crippen LogP contribution in [0.3, 0.4) is 0 Å². The molecule has 0 fully saturated rings. The smallest absolute Gasteiger partial charge is 0.207 e. The van der Waals surface area contributed by atoms with Crippen LogP contribution in [0, 0.1) is 0 Å². The molecule has 0 radical (unpaired) electrons. The zero-order valence-corrected chi connectivity index (χ0v) is 16.3. The summed E-state index contributed by atoms with van der Waals surface area (Å²) in [5.74, 6) is 0. The van der Waals surface area contributed by atoms with Gasteiger partial charge in [0, 0.05) is 6.54 Å². The number of nitrogens with one attached hydrogen (secondary N) is 1. The maximum Gasteiger partial charge on any atom is 0.240 e. The van der Waals surface area contributed by atoms with Crippen LogP contribution in [0.15, 0.2) is 71.6 Å². The Balaban J connectivity index is 1.81. The normalized spacial score (nSPS) is 12.4. The Morgan fingerprint density at radius 3 is 2.23 bits per heavy atom. The fourth-order valence-electron chi connectivity index (χ4n) is 2.99. The summed E-state index contributed by atoms with van der Waals surface area (Å²) in [6, 6.07) is 21.1. The maximum absolute atomic E-state index is 12.7. The van der Waals surface area contributed by atoms with E-state index in [1.165, 1.54) is 0 Å². The van der Waals surface area contributed by atoms with Crippen LogP contribution in [-0.4, -0.2) is 8.42 Å². The molecular weight excluding hydrogens is 342 g/mol. The predicted octanol–water partition coefficient (Wildman–Crippen LogP) is 5.01. The van der Waals surface area contributed by atoms with Gasteiger partial charge in [0.1, 0.15) is 0 Å². The molecule has 0 spiro atoms. The van der Waals surface area contributed by atoms with Crippen molar-refractivity contribution in [1.29, 1.82) is 0 Å². The Morgan fingerprint density at radius 2 is 1.54 bits per heavy atom. The van der Waals surface area contributed by atoms with E-state index in [-0.39, 0.29) is 12.0 Å². The van der Waals surface area contributed by atoms with E-state index in [4.69, 9.17) is 0 Å². The third-order valence-corrected chi connectivity index (χ3v) is 6.58. The van der Waals surface area contributed by atoms with Gasteiger partial charge in [-0.2, -0.15) is 0 Å². The van der Waals surface area contributed by atoms with Crippen LogP contribution >= 0.6 is 0 Å². The summed E-state index contributed by atoms with van der Waals surface area (Å²) < 4.78 is 28.1. The monoisotopic (exact) mass is 367 g/mol. The van der Waals surface area contributed by atoms with Gasteiger partial charge in [0.25, 0.3) is 0 Å². The molecule has 4 heteroatoms. The fraction of sp³-hybridized carbons (Fsp3) is 0.273. The van der Waals surface area contributed by atoms with Gasteiger partial charge in [-0.25, -0.2) is 13.1 Å². The van der Waals surface area contributed by atoms with Crippen molar-refractivity contribution in [2.24, 2.45) is 0 Å². The molecule has 0 saturated heterocycles. The zero-order valence-electron chi connectivity index (χ0n) is 15.5. The van der Waals surface area contributed by atoms with E-state index in [9.17, 15) is 8.42 Å². The maximum atomic E-state index is 12.7. The summed E-state index contributed by atoms with van der Waals surface area (Å²) in [6.07, 6.45) is 0.998. The summed E-state index contributed by atoms with van der Waals surface area (Å²) in [4.78, 5) is 0.299. The van der Waals surface area contributed by atoms with E-state index in [1.807, 2.05) is 54.6 Å². The number of rotatable bonds is 6. The molecular formula is C22H25NO2S. The minimum atomic E-state index is -3.55. The third kappa shape index (κ3) is 3.81. The molecule has 3 nitrogen and oxygen atoms in total. The lowest BCUT2D eigenvalue weighted by Gasteiger charge is -2.23. The van der Waals surface area contributed by atoms with Crippen molar-refractivity contribution in [1.82, 2.24) is 4.72 Å². The second kappa shape index (κ2) is 7.22. The zero-order chi connectivity index (χ0) is 18.8. The molecule has 0 aromatic heterocycles. The lowest BCUT2D eigenvalue weighted by atomic mass is 9.82. The molecule has 0 saturated carbocycles. The number of fused-ring (bicyclic) bond motifs is 1. The number of hydrogen-bond donors (Lipinski definition) is 1. The second-order valence-corrected chi connectivity index (χ2v) is 8.99. The summed E-state index contributed by atoms with van der Waals surface area (Å²) in [5.41, 5.74) is 2.15. The minimum Gasteiger partial charge on any atom is -0.207 e. The van der Waals surface area contributed by atoms with Crippen molar-refractivity contribution in [3.63, 3.8) is 0 Å². The third-order valence-electron chi connectivity index (χ3n) is 5.16. The van der Waals surface area contributed by atoms with Gasteiger partial charge in [-0.3, -0.25) is 0 Å². The molecule has 0 atom stereocenters. The molecule has 0 aliphatic heterocycles. The van der Waals surface area contributed by atoms with Gasteiger partial charge < -0.3 is 0 Å². The van der Waals surface area contributed by atoms with Crippen LogP contribution in [0.4, 0.5) is 0 Å². The largest absolute Gasteiger partial charge is 0.240 e. The highest BCUT2D eigenvalue weighted by Crippen LogP contribution is 2.27. The average Bonchev–Trinajstić information content (AvgIpc) is 2.66. The van der Waals surface area contributed by atoms with Crippen LogP contribution < -0.4 is 4.72 Å². The Kier molecular flexibility index (Phi) is 5.17. The molecule has 0 aliphatic carbocycles. The molecule has 0 bridgehead atoms. The van der Waals surface area contributed by atoms with Crippen LogP contribution in [0.5, 0.6) is 0 Å². The number of benzene rings is 3. The standard InChI is InChI=1S/C22H25NO2S/c1-4-22(2,3)19-12-14-20(15-13-19)26(24,25)23-16-18-10-7-9-17-8-5-6-11-21(17)18/h5-15,23H,4,16H2,1-3H3. The Hall–Kier alpha value is -2.17. The molecule has 1 N–H and O–H groups in total. The first kappa shape index (κ1) is 18.6. The summed E-state index contributed by atoms with van der Waals surface area (Å²) in [5, 5.41) is 2.17. The van der Waals surface area contributed by atoms with E-state index in [2.05, 4.69) is 25.5 Å². The molecule has 3 aromatic carbocycles. The van der Waals surface area contributed by atoms with E-state index >= 15 is 0 Å². The van der Waals surface area contributed by atoms with Crippen LogP contribution in [0.25, 0.3) is 10.8 Å². The van der Waals surface area contributed by atoms with Crippen LogP contribution in [0.2, 0.25) is 0 Å². The molecule has 3 rings (SSSR count). The Labute approximate surface area is 156 Å². The summed E-state index contributed by atoms with van der Waals surface area (Å²) in [6.45, 7) is 6.73. The van der Waals surface area contributed by atoms with Crippen LogP contribution in [-0.2, 0) is 22.0 Å². The van der Waals surface area contributed by atoms with Crippen molar-refractivity contribution in [3.05, 3.63) is 77.9 Å². The van der Waals surface area contributed by atoms with Gasteiger partial charge in [-0.1, -0.05) is 75.4 Å². The second-order valence-electron chi connectivity index (χ2n) is 7.22. The highest BCUT2D eigenvalue weighted by atomic mass is 32.2. The molecule has 26 heavy (non-hydrogen) atoms. The lowest BCUT2D eigenvalue weighted by Crippen LogP contribution is -2.23. The lowest BCUT2D eigenvalue weighted by molar-refractivity contribution is 0.505.